The molecule has 0 bridgehead atoms. The minimum absolute atomic E-state index is 0.232. The maximum Gasteiger partial charge on any atom is 0.116 e. The van der Waals surface area contributed by atoms with Crippen LogP contribution in [0, 0.1) is 0 Å². The Morgan fingerprint density at radius 2 is 2.19 bits per heavy atom. The molecule has 86 valence electrons. The lowest BCUT2D eigenvalue weighted by molar-refractivity contribution is 0.166. The van der Waals surface area contributed by atoms with Crippen LogP contribution in [0.1, 0.15) is 37.9 Å². The monoisotopic (exact) mass is 219 g/mol. The molecule has 0 spiro atoms. The standard InChI is InChI=1S/C13H17NO2/c1-2-3-4-13(16)11-8-14-12-6-5-9(15)7-10(11)12/h5-8,13-16H,2-4H2,1H3. The summed E-state index contributed by atoms with van der Waals surface area (Å²) in [5.74, 6) is 0.232. The van der Waals surface area contributed by atoms with Gasteiger partial charge in [-0.15, -0.1) is 0 Å². The number of benzene rings is 1. The molecule has 0 fully saturated rings. The second-order valence-corrected chi connectivity index (χ2v) is 4.13. The van der Waals surface area contributed by atoms with Crippen molar-refractivity contribution in [3.63, 3.8) is 0 Å². The highest BCUT2D eigenvalue weighted by Crippen LogP contribution is 2.29. The van der Waals surface area contributed by atoms with E-state index in [1.54, 1.807) is 12.1 Å². The number of H-pyrrole nitrogens is 1. The minimum atomic E-state index is -0.449. The van der Waals surface area contributed by atoms with E-state index in [0.717, 1.165) is 35.7 Å². The van der Waals surface area contributed by atoms with E-state index >= 15 is 0 Å². The summed E-state index contributed by atoms with van der Waals surface area (Å²) >= 11 is 0. The summed E-state index contributed by atoms with van der Waals surface area (Å²) in [4.78, 5) is 3.10. The quantitative estimate of drug-likeness (QED) is 0.740. The molecule has 0 aliphatic carbocycles. The van der Waals surface area contributed by atoms with Crippen LogP contribution in [0.5, 0.6) is 5.75 Å². The molecule has 16 heavy (non-hydrogen) atoms. The molecular weight excluding hydrogens is 202 g/mol. The number of aromatic amines is 1. The van der Waals surface area contributed by atoms with Crippen molar-refractivity contribution < 1.29 is 10.2 Å². The van der Waals surface area contributed by atoms with Gasteiger partial charge in [0, 0.05) is 22.7 Å². The van der Waals surface area contributed by atoms with Gasteiger partial charge in [0.05, 0.1) is 6.10 Å². The molecular formula is C13H17NO2. The molecule has 0 radical (unpaired) electrons. The number of unbranched alkanes of at least 4 members (excludes halogenated alkanes) is 1. The molecule has 1 heterocycles. The number of aromatic hydroxyl groups is 1. The van der Waals surface area contributed by atoms with Gasteiger partial charge in [0.2, 0.25) is 0 Å². The van der Waals surface area contributed by atoms with Gasteiger partial charge in [-0.25, -0.2) is 0 Å². The fraction of sp³-hybridized carbons (Fsp3) is 0.385. The first-order chi connectivity index (χ1) is 7.72. The molecule has 0 saturated carbocycles. The maximum absolute atomic E-state index is 10.0. The Kier molecular flexibility index (Phi) is 3.15. The van der Waals surface area contributed by atoms with E-state index in [0.29, 0.717) is 0 Å². The van der Waals surface area contributed by atoms with Crippen molar-refractivity contribution in [1.29, 1.82) is 0 Å². The van der Waals surface area contributed by atoms with Crippen molar-refractivity contribution in [2.24, 2.45) is 0 Å². The molecule has 3 nitrogen and oxygen atoms in total. The molecule has 1 atom stereocenters. The van der Waals surface area contributed by atoms with E-state index < -0.39 is 6.10 Å². The van der Waals surface area contributed by atoms with Crippen LogP contribution in [0.3, 0.4) is 0 Å². The predicted octanol–water partition coefficient (Wildman–Crippen LogP) is 3.10. The van der Waals surface area contributed by atoms with Gasteiger partial charge in [-0.3, -0.25) is 0 Å². The smallest absolute Gasteiger partial charge is 0.116 e. The molecule has 1 unspecified atom stereocenters. The lowest BCUT2D eigenvalue weighted by Gasteiger charge is -2.08. The number of hydrogen-bond donors (Lipinski definition) is 3. The van der Waals surface area contributed by atoms with Gasteiger partial charge in [0.15, 0.2) is 0 Å². The largest absolute Gasteiger partial charge is 0.508 e. The van der Waals surface area contributed by atoms with E-state index in [4.69, 9.17) is 0 Å². The van der Waals surface area contributed by atoms with E-state index in [9.17, 15) is 10.2 Å². The van der Waals surface area contributed by atoms with Crippen molar-refractivity contribution in [1.82, 2.24) is 4.98 Å². The third-order valence-corrected chi connectivity index (χ3v) is 2.89. The van der Waals surface area contributed by atoms with Gasteiger partial charge in [0.25, 0.3) is 0 Å². The highest BCUT2D eigenvalue weighted by molar-refractivity contribution is 5.84. The van der Waals surface area contributed by atoms with Crippen LogP contribution in [0.4, 0.5) is 0 Å². The fourth-order valence-electron chi connectivity index (χ4n) is 1.96. The first-order valence-electron chi connectivity index (χ1n) is 5.70. The van der Waals surface area contributed by atoms with Gasteiger partial charge >= 0.3 is 0 Å². The zero-order valence-electron chi connectivity index (χ0n) is 9.40. The molecule has 3 N–H and O–H groups in total. The van der Waals surface area contributed by atoms with E-state index in [1.807, 2.05) is 12.3 Å². The summed E-state index contributed by atoms with van der Waals surface area (Å²) in [6.07, 6.45) is 4.22. The van der Waals surface area contributed by atoms with Crippen molar-refractivity contribution in [2.75, 3.05) is 0 Å². The summed E-state index contributed by atoms with van der Waals surface area (Å²) in [5.41, 5.74) is 1.82. The predicted molar refractivity (Wildman–Crippen MR) is 64.4 cm³/mol. The number of phenols is 1. The van der Waals surface area contributed by atoms with Gasteiger partial charge in [0.1, 0.15) is 5.75 Å². The van der Waals surface area contributed by atoms with E-state index in [-0.39, 0.29) is 5.75 Å². The van der Waals surface area contributed by atoms with Crippen LogP contribution in [0.2, 0.25) is 0 Å². The van der Waals surface area contributed by atoms with Gasteiger partial charge in [-0.05, 0) is 24.6 Å². The lowest BCUT2D eigenvalue weighted by atomic mass is 10.0. The van der Waals surface area contributed by atoms with Crippen molar-refractivity contribution in [3.05, 3.63) is 30.0 Å². The van der Waals surface area contributed by atoms with E-state index in [2.05, 4.69) is 11.9 Å². The number of aliphatic hydroxyl groups is 1. The van der Waals surface area contributed by atoms with Crippen molar-refractivity contribution in [2.45, 2.75) is 32.3 Å². The number of nitrogens with one attached hydrogen (secondary N) is 1. The second-order valence-electron chi connectivity index (χ2n) is 4.13. The number of fused-ring (bicyclic) bond motifs is 1. The van der Waals surface area contributed by atoms with Gasteiger partial charge < -0.3 is 15.2 Å². The van der Waals surface area contributed by atoms with Crippen molar-refractivity contribution in [3.8, 4) is 5.75 Å². The maximum atomic E-state index is 10.0. The highest BCUT2D eigenvalue weighted by Gasteiger charge is 2.12. The fourth-order valence-corrected chi connectivity index (χ4v) is 1.96. The lowest BCUT2D eigenvalue weighted by Crippen LogP contribution is -1.95. The van der Waals surface area contributed by atoms with Crippen LogP contribution in [0.25, 0.3) is 10.9 Å². The first kappa shape index (κ1) is 11.0. The third-order valence-electron chi connectivity index (χ3n) is 2.89. The average Bonchev–Trinajstić information content (AvgIpc) is 2.68. The third kappa shape index (κ3) is 2.04. The molecule has 0 aliphatic rings. The molecule has 0 amide bonds. The van der Waals surface area contributed by atoms with Gasteiger partial charge in [-0.1, -0.05) is 19.8 Å². The molecule has 3 heteroatoms. The minimum Gasteiger partial charge on any atom is -0.508 e. The number of aromatic nitrogens is 1. The zero-order chi connectivity index (χ0) is 11.5. The summed E-state index contributed by atoms with van der Waals surface area (Å²) in [6.45, 7) is 2.10. The Hall–Kier alpha value is -1.48. The molecule has 0 aliphatic heterocycles. The van der Waals surface area contributed by atoms with Crippen LogP contribution < -0.4 is 0 Å². The number of aliphatic hydroxyl groups excluding tert-OH is 1. The summed E-state index contributed by atoms with van der Waals surface area (Å²) < 4.78 is 0. The number of phenolic OH excluding ortho intramolecular Hbond substituents is 1. The Labute approximate surface area is 94.7 Å². The van der Waals surface area contributed by atoms with Crippen LogP contribution >= 0.6 is 0 Å². The van der Waals surface area contributed by atoms with Crippen LogP contribution in [0.15, 0.2) is 24.4 Å². The Bertz CT molecular complexity index is 476. The molecule has 0 saturated heterocycles. The topological polar surface area (TPSA) is 56.2 Å². The van der Waals surface area contributed by atoms with E-state index in [1.165, 1.54) is 0 Å². The molecule has 1 aromatic carbocycles. The number of rotatable bonds is 4. The molecule has 2 rings (SSSR count). The molecule has 2 aromatic rings. The summed E-state index contributed by atoms with van der Waals surface area (Å²) in [6, 6.07) is 5.15. The Morgan fingerprint density at radius 3 is 2.94 bits per heavy atom. The Balaban J connectivity index is 2.33. The summed E-state index contributed by atoms with van der Waals surface area (Å²) in [5, 5.41) is 20.4. The first-order valence-corrected chi connectivity index (χ1v) is 5.70. The second kappa shape index (κ2) is 4.58. The normalized spacial score (nSPS) is 13.1. The SMILES string of the molecule is CCCCC(O)c1c[nH]c2ccc(O)cc12. The van der Waals surface area contributed by atoms with Crippen molar-refractivity contribution >= 4 is 10.9 Å². The van der Waals surface area contributed by atoms with Gasteiger partial charge in [-0.2, -0.15) is 0 Å². The average molecular weight is 219 g/mol. The summed E-state index contributed by atoms with van der Waals surface area (Å²) in [7, 11) is 0. The van der Waals surface area contributed by atoms with Crippen LogP contribution in [-0.4, -0.2) is 15.2 Å². The number of hydrogen-bond acceptors (Lipinski definition) is 2. The highest BCUT2D eigenvalue weighted by atomic mass is 16.3. The zero-order valence-corrected chi connectivity index (χ0v) is 9.40. The Morgan fingerprint density at radius 1 is 1.38 bits per heavy atom. The molecule has 1 aromatic heterocycles. The van der Waals surface area contributed by atoms with Crippen LogP contribution in [-0.2, 0) is 0 Å².